The average molecular weight is 315 g/mol. The fraction of sp³-hybridized carbons (Fsp3) is 0.812. The second kappa shape index (κ2) is 11.0. The minimum atomic E-state index is -0.732. The standard InChI is InChI=1S/C16H29NO5/c1-5-21-14(19)13(18)11-9-7-6-8-10-12-17-15(20)22-16(2,3)4/h5-12H2,1-4H3,(H,17,20). The van der Waals surface area contributed by atoms with E-state index < -0.39 is 23.4 Å². The molecule has 0 aliphatic carbocycles. The second-order valence-electron chi connectivity index (χ2n) is 6.09. The number of ether oxygens (including phenoxy) is 2. The molecule has 0 bridgehead atoms. The maximum atomic E-state index is 11.4. The predicted molar refractivity (Wildman–Crippen MR) is 83.6 cm³/mol. The van der Waals surface area contributed by atoms with Gasteiger partial charge in [-0.3, -0.25) is 4.79 Å². The van der Waals surface area contributed by atoms with Crippen molar-refractivity contribution in [2.24, 2.45) is 0 Å². The van der Waals surface area contributed by atoms with Gasteiger partial charge in [0, 0.05) is 13.0 Å². The van der Waals surface area contributed by atoms with Crippen LogP contribution >= 0.6 is 0 Å². The molecular formula is C16H29NO5. The summed E-state index contributed by atoms with van der Waals surface area (Å²) in [5.74, 6) is -1.18. The number of rotatable bonds is 10. The molecule has 1 amide bonds. The van der Waals surface area contributed by atoms with Gasteiger partial charge in [-0.1, -0.05) is 19.3 Å². The molecule has 0 saturated heterocycles. The summed E-state index contributed by atoms with van der Waals surface area (Å²) in [7, 11) is 0. The van der Waals surface area contributed by atoms with E-state index >= 15 is 0 Å². The van der Waals surface area contributed by atoms with E-state index in [-0.39, 0.29) is 13.0 Å². The molecule has 6 heteroatoms. The van der Waals surface area contributed by atoms with Gasteiger partial charge >= 0.3 is 12.1 Å². The molecule has 6 nitrogen and oxygen atoms in total. The number of hydrogen-bond donors (Lipinski definition) is 1. The third kappa shape index (κ3) is 12.2. The van der Waals surface area contributed by atoms with E-state index in [1.54, 1.807) is 6.92 Å². The first-order chi connectivity index (χ1) is 10.3. The fourth-order valence-corrected chi connectivity index (χ4v) is 1.76. The summed E-state index contributed by atoms with van der Waals surface area (Å²) >= 11 is 0. The van der Waals surface area contributed by atoms with E-state index in [0.717, 1.165) is 25.7 Å². The van der Waals surface area contributed by atoms with Crippen LogP contribution in [0.4, 0.5) is 4.79 Å². The molecule has 0 spiro atoms. The van der Waals surface area contributed by atoms with Gasteiger partial charge in [-0.05, 0) is 40.5 Å². The van der Waals surface area contributed by atoms with Crippen LogP contribution in [0.5, 0.6) is 0 Å². The Labute approximate surface area is 132 Å². The van der Waals surface area contributed by atoms with Crippen LogP contribution in [-0.4, -0.2) is 36.6 Å². The van der Waals surface area contributed by atoms with E-state index in [1.165, 1.54) is 0 Å². The van der Waals surface area contributed by atoms with Gasteiger partial charge in [-0.15, -0.1) is 0 Å². The van der Waals surface area contributed by atoms with Gasteiger partial charge in [0.25, 0.3) is 0 Å². The number of alkyl carbamates (subject to hydrolysis) is 1. The highest BCUT2D eigenvalue weighted by Crippen LogP contribution is 2.08. The normalized spacial score (nSPS) is 10.9. The quantitative estimate of drug-likeness (QED) is 0.381. The molecule has 0 aromatic heterocycles. The van der Waals surface area contributed by atoms with E-state index in [4.69, 9.17) is 4.74 Å². The predicted octanol–water partition coefficient (Wildman–Crippen LogP) is 2.98. The van der Waals surface area contributed by atoms with Crippen molar-refractivity contribution in [2.45, 2.75) is 71.8 Å². The van der Waals surface area contributed by atoms with E-state index in [0.29, 0.717) is 13.0 Å². The third-order valence-corrected chi connectivity index (χ3v) is 2.75. The summed E-state index contributed by atoms with van der Waals surface area (Å²) in [6.07, 6.45) is 4.22. The number of hydrogen-bond acceptors (Lipinski definition) is 5. The maximum Gasteiger partial charge on any atom is 0.407 e. The molecule has 0 saturated carbocycles. The number of ketones is 1. The van der Waals surface area contributed by atoms with Crippen molar-refractivity contribution in [3.63, 3.8) is 0 Å². The molecule has 1 N–H and O–H groups in total. The van der Waals surface area contributed by atoms with Crippen LogP contribution < -0.4 is 5.32 Å². The van der Waals surface area contributed by atoms with Crippen molar-refractivity contribution in [3.05, 3.63) is 0 Å². The lowest BCUT2D eigenvalue weighted by Crippen LogP contribution is -2.32. The van der Waals surface area contributed by atoms with Crippen LogP contribution in [0.2, 0.25) is 0 Å². The largest absolute Gasteiger partial charge is 0.460 e. The van der Waals surface area contributed by atoms with Gasteiger partial charge < -0.3 is 14.8 Å². The zero-order valence-corrected chi connectivity index (χ0v) is 14.2. The minimum Gasteiger partial charge on any atom is -0.460 e. The van der Waals surface area contributed by atoms with Crippen molar-refractivity contribution < 1.29 is 23.9 Å². The zero-order chi connectivity index (χ0) is 17.0. The highest BCUT2D eigenvalue weighted by molar-refractivity contribution is 6.33. The number of amides is 1. The number of esters is 1. The molecule has 0 unspecified atom stereocenters. The smallest absolute Gasteiger partial charge is 0.407 e. The van der Waals surface area contributed by atoms with Crippen molar-refractivity contribution >= 4 is 17.8 Å². The first kappa shape index (κ1) is 20.4. The Kier molecular flexibility index (Phi) is 10.2. The summed E-state index contributed by atoms with van der Waals surface area (Å²) < 4.78 is 9.75. The first-order valence-corrected chi connectivity index (χ1v) is 7.93. The number of carbonyl (C=O) groups is 3. The lowest BCUT2D eigenvalue weighted by Gasteiger charge is -2.19. The van der Waals surface area contributed by atoms with Crippen molar-refractivity contribution in [2.75, 3.05) is 13.2 Å². The summed E-state index contributed by atoms with van der Waals surface area (Å²) in [6, 6.07) is 0. The van der Waals surface area contributed by atoms with Gasteiger partial charge in [0.05, 0.1) is 6.61 Å². The molecule has 0 aliphatic heterocycles. The van der Waals surface area contributed by atoms with Gasteiger partial charge in [0.15, 0.2) is 0 Å². The van der Waals surface area contributed by atoms with E-state index in [1.807, 2.05) is 20.8 Å². The van der Waals surface area contributed by atoms with Crippen molar-refractivity contribution in [1.29, 1.82) is 0 Å². The zero-order valence-electron chi connectivity index (χ0n) is 14.2. The lowest BCUT2D eigenvalue weighted by molar-refractivity contribution is -0.153. The van der Waals surface area contributed by atoms with Gasteiger partial charge in [-0.2, -0.15) is 0 Å². The first-order valence-electron chi connectivity index (χ1n) is 7.93. The Bertz CT molecular complexity index is 360. The topological polar surface area (TPSA) is 81.7 Å². The van der Waals surface area contributed by atoms with Crippen LogP contribution in [0.25, 0.3) is 0 Å². The Morgan fingerprint density at radius 1 is 0.955 bits per heavy atom. The highest BCUT2D eigenvalue weighted by atomic mass is 16.6. The molecule has 0 aliphatic rings. The summed E-state index contributed by atoms with van der Waals surface area (Å²) in [4.78, 5) is 33.8. The summed E-state index contributed by atoms with van der Waals surface area (Å²) in [6.45, 7) is 7.96. The van der Waals surface area contributed by atoms with E-state index in [9.17, 15) is 14.4 Å². The molecule has 0 radical (unpaired) electrons. The Hall–Kier alpha value is -1.59. The monoisotopic (exact) mass is 315 g/mol. The fourth-order valence-electron chi connectivity index (χ4n) is 1.76. The lowest BCUT2D eigenvalue weighted by atomic mass is 10.1. The molecule has 0 aromatic rings. The summed E-state index contributed by atoms with van der Waals surface area (Å²) in [5, 5.41) is 2.70. The third-order valence-electron chi connectivity index (χ3n) is 2.75. The summed E-state index contributed by atoms with van der Waals surface area (Å²) in [5.41, 5.74) is -0.477. The molecule has 0 fully saturated rings. The molecule has 0 rings (SSSR count). The maximum absolute atomic E-state index is 11.4. The van der Waals surface area contributed by atoms with E-state index in [2.05, 4.69) is 10.1 Å². The van der Waals surface area contributed by atoms with Gasteiger partial charge in [0.2, 0.25) is 5.78 Å². The molecular weight excluding hydrogens is 286 g/mol. The SMILES string of the molecule is CCOC(=O)C(=O)CCCCCCCNC(=O)OC(C)(C)C. The number of Topliss-reactive ketones (excluding diaryl/α,β-unsaturated/α-hetero) is 1. The van der Waals surface area contributed by atoms with Gasteiger partial charge in [0.1, 0.15) is 5.60 Å². The molecule has 22 heavy (non-hydrogen) atoms. The molecule has 0 atom stereocenters. The van der Waals surface area contributed by atoms with Crippen LogP contribution in [0.15, 0.2) is 0 Å². The number of carbonyl (C=O) groups excluding carboxylic acids is 3. The average Bonchev–Trinajstić information content (AvgIpc) is 2.39. The Balaban J connectivity index is 3.46. The number of nitrogens with one attached hydrogen (secondary N) is 1. The second-order valence-corrected chi connectivity index (χ2v) is 6.09. The van der Waals surface area contributed by atoms with Gasteiger partial charge in [-0.25, -0.2) is 9.59 Å². The molecule has 0 heterocycles. The number of unbranched alkanes of at least 4 members (excludes halogenated alkanes) is 4. The van der Waals surface area contributed by atoms with Crippen LogP contribution in [-0.2, 0) is 19.1 Å². The van der Waals surface area contributed by atoms with Crippen LogP contribution in [0, 0.1) is 0 Å². The Morgan fingerprint density at radius 3 is 2.14 bits per heavy atom. The van der Waals surface area contributed by atoms with Crippen molar-refractivity contribution in [1.82, 2.24) is 5.32 Å². The van der Waals surface area contributed by atoms with Crippen molar-refractivity contribution in [3.8, 4) is 0 Å². The van der Waals surface area contributed by atoms with Crippen LogP contribution in [0.3, 0.4) is 0 Å². The Morgan fingerprint density at radius 2 is 1.55 bits per heavy atom. The molecule has 128 valence electrons. The molecule has 0 aromatic carbocycles. The van der Waals surface area contributed by atoms with Crippen LogP contribution in [0.1, 0.15) is 66.2 Å². The minimum absolute atomic E-state index is 0.231. The highest BCUT2D eigenvalue weighted by Gasteiger charge is 2.15.